The quantitative estimate of drug-likeness (QED) is 0.0527. The minimum absolute atomic E-state index is 0.817. The lowest BCUT2D eigenvalue weighted by Crippen LogP contribution is -1.97. The fraction of sp³-hybridized carbons (Fsp3) is 0.723. The fourth-order valence-corrected chi connectivity index (χ4v) is 6.91. The molecule has 0 aromatic heterocycles. The molecule has 49 heavy (non-hydrogen) atoms. The van der Waals surface area contributed by atoms with Gasteiger partial charge in [0.25, 0.3) is 0 Å². The van der Waals surface area contributed by atoms with Gasteiger partial charge < -0.3 is 4.74 Å². The summed E-state index contributed by atoms with van der Waals surface area (Å²) in [6.45, 7) is 5.41. The zero-order valence-corrected chi connectivity index (χ0v) is 32.7. The lowest BCUT2D eigenvalue weighted by Gasteiger charge is -2.07. The Morgan fingerprint density at radius 2 is 0.776 bits per heavy atom. The summed E-state index contributed by atoms with van der Waals surface area (Å²) in [5, 5.41) is 0. The van der Waals surface area contributed by atoms with Gasteiger partial charge in [-0.2, -0.15) is 0 Å². The van der Waals surface area contributed by atoms with Crippen molar-refractivity contribution in [2.24, 2.45) is 4.99 Å². The third-order valence-corrected chi connectivity index (χ3v) is 10.3. The number of hydrogen-bond donors (Lipinski definition) is 0. The second-order valence-electron chi connectivity index (χ2n) is 15.0. The van der Waals surface area contributed by atoms with Crippen LogP contribution in [-0.4, -0.2) is 12.8 Å². The summed E-state index contributed by atoms with van der Waals surface area (Å²) in [5.74, 6) is 0.964. The Morgan fingerprint density at radius 3 is 1.18 bits per heavy atom. The lowest BCUT2D eigenvalue weighted by atomic mass is 10.0. The van der Waals surface area contributed by atoms with Gasteiger partial charge in [0.2, 0.25) is 0 Å². The van der Waals surface area contributed by atoms with Gasteiger partial charge in [0.15, 0.2) is 0 Å². The molecule has 0 fully saturated rings. The highest BCUT2D eigenvalue weighted by molar-refractivity contribution is 5.82. The molecule has 0 aliphatic rings. The van der Waals surface area contributed by atoms with Gasteiger partial charge in [-0.25, -0.2) is 0 Å². The summed E-state index contributed by atoms with van der Waals surface area (Å²) in [7, 11) is 0. The minimum Gasteiger partial charge on any atom is -0.494 e. The summed E-state index contributed by atoms with van der Waals surface area (Å²) < 4.78 is 6.00. The molecule has 2 aromatic rings. The van der Waals surface area contributed by atoms with Crippen molar-refractivity contribution in [3.8, 4) is 5.75 Å². The van der Waals surface area contributed by atoms with E-state index in [-0.39, 0.29) is 0 Å². The number of ether oxygens (including phenoxy) is 1. The number of benzene rings is 2. The molecule has 0 radical (unpaired) electrons. The molecule has 0 bridgehead atoms. The van der Waals surface area contributed by atoms with Gasteiger partial charge in [0.05, 0.1) is 12.3 Å². The van der Waals surface area contributed by atoms with Crippen molar-refractivity contribution >= 4 is 11.9 Å². The van der Waals surface area contributed by atoms with Crippen LogP contribution in [0.2, 0.25) is 0 Å². The van der Waals surface area contributed by atoms with Crippen molar-refractivity contribution in [3.05, 3.63) is 59.7 Å². The Balaban J connectivity index is 1.40. The predicted molar refractivity (Wildman–Crippen MR) is 219 cm³/mol. The van der Waals surface area contributed by atoms with E-state index < -0.39 is 0 Å². The SMILES string of the molecule is CCCCCCCCCCCCCCCCCCOc1ccc(C=Nc2ccc(CCCCCCCCCCCCCCCC)cc2)cc1. The maximum absolute atomic E-state index is 6.00. The Morgan fingerprint density at radius 1 is 0.408 bits per heavy atom. The van der Waals surface area contributed by atoms with E-state index in [2.05, 4.69) is 62.4 Å². The Bertz CT molecular complexity index is 978. The van der Waals surface area contributed by atoms with Gasteiger partial charge in [0, 0.05) is 6.21 Å². The van der Waals surface area contributed by atoms with Gasteiger partial charge in [0.1, 0.15) is 5.75 Å². The maximum Gasteiger partial charge on any atom is 0.119 e. The van der Waals surface area contributed by atoms with E-state index in [1.165, 1.54) is 198 Å². The average Bonchev–Trinajstić information content (AvgIpc) is 3.13. The largest absolute Gasteiger partial charge is 0.494 e. The fourth-order valence-electron chi connectivity index (χ4n) is 6.91. The van der Waals surface area contributed by atoms with Crippen molar-refractivity contribution in [3.63, 3.8) is 0 Å². The Labute approximate surface area is 305 Å². The number of aryl methyl sites for hydroxylation is 1. The van der Waals surface area contributed by atoms with Gasteiger partial charge in [-0.05, 0) is 66.8 Å². The third kappa shape index (κ3) is 26.4. The molecular formula is C47H79NO. The molecule has 0 atom stereocenters. The molecule has 0 saturated carbocycles. The molecule has 0 N–H and O–H groups in total. The third-order valence-electron chi connectivity index (χ3n) is 10.3. The van der Waals surface area contributed by atoms with E-state index in [4.69, 9.17) is 9.73 Å². The second-order valence-corrected chi connectivity index (χ2v) is 15.0. The molecule has 2 rings (SSSR count). The van der Waals surface area contributed by atoms with Crippen LogP contribution in [-0.2, 0) is 6.42 Å². The molecule has 0 saturated heterocycles. The van der Waals surface area contributed by atoms with E-state index in [9.17, 15) is 0 Å². The highest BCUT2D eigenvalue weighted by Gasteiger charge is 1.99. The van der Waals surface area contributed by atoms with Crippen LogP contribution in [0.25, 0.3) is 0 Å². The lowest BCUT2D eigenvalue weighted by molar-refractivity contribution is 0.304. The highest BCUT2D eigenvalue weighted by Crippen LogP contribution is 2.19. The number of nitrogens with zero attached hydrogens (tertiary/aromatic N) is 1. The van der Waals surface area contributed by atoms with E-state index in [1.54, 1.807) is 0 Å². The smallest absolute Gasteiger partial charge is 0.119 e. The van der Waals surface area contributed by atoms with Crippen LogP contribution in [0.3, 0.4) is 0 Å². The molecule has 0 unspecified atom stereocenters. The van der Waals surface area contributed by atoms with E-state index in [1.807, 2.05) is 6.21 Å². The standard InChI is InChI=1S/C47H79NO/c1-3-5-7-9-11-13-15-17-19-20-22-24-26-28-30-32-42-49-47-40-36-45(37-41-47)43-48-46-38-34-44(35-39-46)33-31-29-27-25-23-21-18-16-14-12-10-8-6-4-2/h34-41,43H,3-33,42H2,1-2H3. The predicted octanol–water partition coefficient (Wildman–Crippen LogP) is 16.1. The maximum atomic E-state index is 6.00. The summed E-state index contributed by atoms with van der Waals surface area (Å²) >= 11 is 0. The van der Waals surface area contributed by atoms with Crippen LogP contribution in [0.4, 0.5) is 5.69 Å². The van der Waals surface area contributed by atoms with Crippen LogP contribution in [0.15, 0.2) is 53.5 Å². The topological polar surface area (TPSA) is 21.6 Å². The van der Waals surface area contributed by atoms with Crippen molar-refractivity contribution in [2.45, 2.75) is 213 Å². The van der Waals surface area contributed by atoms with Crippen LogP contribution in [0, 0.1) is 0 Å². The van der Waals surface area contributed by atoms with Crippen molar-refractivity contribution in [1.82, 2.24) is 0 Å². The van der Waals surface area contributed by atoms with Crippen molar-refractivity contribution < 1.29 is 4.74 Å². The van der Waals surface area contributed by atoms with Crippen molar-refractivity contribution in [1.29, 1.82) is 0 Å². The highest BCUT2D eigenvalue weighted by atomic mass is 16.5. The normalized spacial score (nSPS) is 11.6. The van der Waals surface area contributed by atoms with E-state index in [0.717, 1.165) is 30.0 Å². The molecule has 0 aliphatic heterocycles. The summed E-state index contributed by atoms with van der Waals surface area (Å²) in [5.41, 5.74) is 3.57. The van der Waals surface area contributed by atoms with Crippen LogP contribution >= 0.6 is 0 Å². The average molecular weight is 674 g/mol. The molecule has 278 valence electrons. The number of hydrogen-bond acceptors (Lipinski definition) is 2. The van der Waals surface area contributed by atoms with Gasteiger partial charge in [-0.1, -0.05) is 206 Å². The van der Waals surface area contributed by atoms with Gasteiger partial charge in [-0.15, -0.1) is 0 Å². The summed E-state index contributed by atoms with van der Waals surface area (Å²) in [6.07, 6.45) is 45.3. The molecule has 2 heteroatoms. The molecule has 0 amide bonds. The monoisotopic (exact) mass is 674 g/mol. The Hall–Kier alpha value is -2.09. The molecule has 2 nitrogen and oxygen atoms in total. The van der Waals surface area contributed by atoms with Crippen LogP contribution in [0.1, 0.15) is 218 Å². The van der Waals surface area contributed by atoms with Crippen LogP contribution < -0.4 is 4.74 Å². The molecule has 0 spiro atoms. The first-order valence-corrected chi connectivity index (χ1v) is 21.7. The molecule has 0 aliphatic carbocycles. The van der Waals surface area contributed by atoms with Gasteiger partial charge in [-0.3, -0.25) is 4.99 Å². The molecule has 0 heterocycles. The van der Waals surface area contributed by atoms with E-state index in [0.29, 0.717) is 0 Å². The molecule has 2 aromatic carbocycles. The van der Waals surface area contributed by atoms with Crippen LogP contribution in [0.5, 0.6) is 5.75 Å². The number of aliphatic imine (C=N–C) groups is 1. The first kappa shape index (κ1) is 43.1. The van der Waals surface area contributed by atoms with Gasteiger partial charge >= 0.3 is 0 Å². The first-order chi connectivity index (χ1) is 24.3. The van der Waals surface area contributed by atoms with E-state index >= 15 is 0 Å². The summed E-state index contributed by atoms with van der Waals surface area (Å²) in [6, 6.07) is 17.2. The second kappa shape index (κ2) is 33.1. The Kier molecular flexibility index (Phi) is 29.1. The first-order valence-electron chi connectivity index (χ1n) is 21.7. The number of unbranched alkanes of at least 4 members (excludes halogenated alkanes) is 28. The minimum atomic E-state index is 0.817. The summed E-state index contributed by atoms with van der Waals surface area (Å²) in [4.78, 5) is 4.71. The zero-order chi connectivity index (χ0) is 34.7. The zero-order valence-electron chi connectivity index (χ0n) is 32.7. The van der Waals surface area contributed by atoms with Crippen molar-refractivity contribution in [2.75, 3.05) is 6.61 Å². The number of rotatable bonds is 35. The molecular weight excluding hydrogens is 595 g/mol.